The van der Waals surface area contributed by atoms with Gasteiger partial charge in [-0.15, -0.1) is 0 Å². The van der Waals surface area contributed by atoms with Crippen molar-refractivity contribution in [1.29, 1.82) is 0 Å². The molecule has 3 aliphatic rings. The van der Waals surface area contributed by atoms with Crippen LogP contribution >= 0.6 is 0 Å². The highest BCUT2D eigenvalue weighted by atomic mass is 19.1. The third-order valence-electron chi connectivity index (χ3n) is 12.7. The number of nitrogens with one attached hydrogen (secondary N) is 4. The summed E-state index contributed by atoms with van der Waals surface area (Å²) in [5, 5.41) is 6.33. The number of imidazole rings is 2. The standard InChI is InChI=1S/C48H50FN9O7/c1-63-47(61)55-41(28-8-4-3-5-9-28)45(59)57-20-6-11-40(57)44-51-27-38(54-44)32-12-15-33(34(49)25-32)36-17-14-30-24-31(13-16-35(30)52-36)37-26-50-43(53-37)39-10-7-21-58(39)46(60)42(56-48(62)64-2)29-18-22-65-23-19-29/h3-5,8-9,12-17,24-27,29,39-42H,6-7,10-11,18-23H2,1-2H3,(H,50,53)(H,51,54)(H,55,61)(H,56,62)/t39-,40-,41+,42-/m0/s1. The van der Waals surface area contributed by atoms with E-state index in [9.17, 15) is 19.2 Å². The van der Waals surface area contributed by atoms with Crippen LogP contribution in [0, 0.1) is 11.7 Å². The van der Waals surface area contributed by atoms with Crippen molar-refractivity contribution in [1.82, 2.24) is 45.4 Å². The fraction of sp³-hybridized carbons (Fsp3) is 0.354. The molecule has 17 heteroatoms. The number of benzene rings is 3. The Morgan fingerprint density at radius 1 is 0.738 bits per heavy atom. The number of ether oxygens (including phenoxy) is 3. The fourth-order valence-electron chi connectivity index (χ4n) is 9.34. The van der Waals surface area contributed by atoms with Crippen LogP contribution in [0.25, 0.3) is 44.7 Å². The van der Waals surface area contributed by atoms with Gasteiger partial charge in [-0.05, 0) is 80.3 Å². The molecule has 3 aromatic carbocycles. The van der Waals surface area contributed by atoms with Crippen molar-refractivity contribution in [3.8, 4) is 33.8 Å². The summed E-state index contributed by atoms with van der Waals surface area (Å²) in [5.74, 6) is 0.304. The summed E-state index contributed by atoms with van der Waals surface area (Å²) in [5.41, 5.74) is 4.97. The molecule has 65 heavy (non-hydrogen) atoms. The molecule has 6 aromatic rings. The summed E-state index contributed by atoms with van der Waals surface area (Å²) in [6.07, 6.45) is 6.35. The van der Waals surface area contributed by atoms with Gasteiger partial charge >= 0.3 is 12.2 Å². The van der Waals surface area contributed by atoms with Gasteiger partial charge in [0.15, 0.2) is 0 Å². The second kappa shape index (κ2) is 18.9. The molecule has 3 saturated heterocycles. The molecule has 0 radical (unpaired) electrons. The molecule has 0 unspecified atom stereocenters. The Labute approximate surface area is 374 Å². The number of carbonyl (C=O) groups is 4. The van der Waals surface area contributed by atoms with E-state index >= 15 is 4.39 Å². The number of amides is 4. The quantitative estimate of drug-likeness (QED) is 0.102. The van der Waals surface area contributed by atoms with E-state index in [1.807, 2.05) is 41.3 Å². The Balaban J connectivity index is 0.884. The predicted octanol–water partition coefficient (Wildman–Crippen LogP) is 7.40. The van der Waals surface area contributed by atoms with E-state index < -0.39 is 30.1 Å². The number of rotatable bonds is 11. The summed E-state index contributed by atoms with van der Waals surface area (Å²) in [7, 11) is 2.55. The molecule has 9 rings (SSSR count). The largest absolute Gasteiger partial charge is 0.453 e. The number of carbonyl (C=O) groups excluding carboxylic acids is 4. The molecule has 3 aliphatic heterocycles. The second-order valence-electron chi connectivity index (χ2n) is 16.6. The molecule has 4 amide bonds. The molecular formula is C48H50FN9O7. The van der Waals surface area contributed by atoms with E-state index in [2.05, 4.69) is 25.6 Å². The zero-order chi connectivity index (χ0) is 45.0. The zero-order valence-corrected chi connectivity index (χ0v) is 36.1. The first-order valence-corrected chi connectivity index (χ1v) is 21.9. The van der Waals surface area contributed by atoms with Crippen LogP contribution in [0.5, 0.6) is 0 Å². The third-order valence-corrected chi connectivity index (χ3v) is 12.7. The van der Waals surface area contributed by atoms with Crippen LogP contribution in [0.1, 0.15) is 73.9 Å². The van der Waals surface area contributed by atoms with Crippen LogP contribution in [0.2, 0.25) is 0 Å². The number of aromatic nitrogens is 5. The third kappa shape index (κ3) is 9.00. The maximum absolute atomic E-state index is 15.9. The van der Waals surface area contributed by atoms with Crippen molar-refractivity contribution in [3.63, 3.8) is 0 Å². The lowest BCUT2D eigenvalue weighted by molar-refractivity contribution is -0.137. The average Bonchev–Trinajstić information content (AvgIpc) is 4.20. The number of halogens is 1. The number of pyridine rings is 1. The van der Waals surface area contributed by atoms with Crippen molar-refractivity contribution in [2.45, 2.75) is 62.7 Å². The van der Waals surface area contributed by atoms with Gasteiger partial charge in [0.1, 0.15) is 29.5 Å². The minimum atomic E-state index is -0.939. The highest BCUT2D eigenvalue weighted by Gasteiger charge is 2.41. The molecule has 3 fully saturated rings. The lowest BCUT2D eigenvalue weighted by Crippen LogP contribution is -2.53. The molecule has 336 valence electrons. The SMILES string of the molecule is COC(=O)N[C@H](C(=O)N1CCC[C@H]1c1ncc(-c2ccc3nc(-c4ccc(-c5cnc([C@@H]6CCCN6C(=O)[C@H](NC(=O)OC)c6ccccc6)[nH]5)cc4F)ccc3c2)[nH]1)C1CCOCC1. The monoisotopic (exact) mass is 883 g/mol. The molecular weight excluding hydrogens is 834 g/mol. The molecule has 0 aliphatic carbocycles. The average molecular weight is 884 g/mol. The van der Waals surface area contributed by atoms with Gasteiger partial charge in [0, 0.05) is 48.4 Å². The van der Waals surface area contributed by atoms with E-state index in [0.717, 1.165) is 35.9 Å². The Bertz CT molecular complexity index is 2700. The van der Waals surface area contributed by atoms with Gasteiger partial charge in [-0.25, -0.2) is 28.9 Å². The van der Waals surface area contributed by atoms with E-state index in [1.54, 1.807) is 53.7 Å². The van der Waals surface area contributed by atoms with Crippen LogP contribution in [-0.2, 0) is 23.8 Å². The molecule has 3 aromatic heterocycles. The molecule has 16 nitrogen and oxygen atoms in total. The van der Waals surface area contributed by atoms with Gasteiger partial charge in [-0.3, -0.25) is 9.59 Å². The number of H-pyrrole nitrogens is 2. The molecule has 4 N–H and O–H groups in total. The van der Waals surface area contributed by atoms with Crippen LogP contribution in [0.15, 0.2) is 91.3 Å². The minimum absolute atomic E-state index is 0.0582. The first kappa shape index (κ1) is 43.1. The first-order valence-electron chi connectivity index (χ1n) is 21.9. The maximum atomic E-state index is 15.9. The predicted molar refractivity (Wildman–Crippen MR) is 237 cm³/mol. The normalized spacial score (nSPS) is 18.6. The number of methoxy groups -OCH3 is 2. The topological polar surface area (TPSA) is 197 Å². The molecule has 6 heterocycles. The van der Waals surface area contributed by atoms with E-state index in [-0.39, 0.29) is 29.8 Å². The van der Waals surface area contributed by atoms with Crippen molar-refractivity contribution < 1.29 is 37.8 Å². The second-order valence-corrected chi connectivity index (χ2v) is 16.6. The number of aromatic amines is 2. The zero-order valence-electron chi connectivity index (χ0n) is 36.1. The lowest BCUT2D eigenvalue weighted by atomic mass is 9.90. The van der Waals surface area contributed by atoms with Crippen molar-refractivity contribution in [2.75, 3.05) is 40.5 Å². The maximum Gasteiger partial charge on any atom is 0.407 e. The Kier molecular flexibility index (Phi) is 12.5. The molecule has 0 spiro atoms. The molecule has 0 saturated carbocycles. The summed E-state index contributed by atoms with van der Waals surface area (Å²) < 4.78 is 31.1. The Hall–Kier alpha value is -7.14. The summed E-state index contributed by atoms with van der Waals surface area (Å²) >= 11 is 0. The van der Waals surface area contributed by atoms with Gasteiger partial charge < -0.3 is 44.6 Å². The highest BCUT2D eigenvalue weighted by molar-refractivity contribution is 5.89. The van der Waals surface area contributed by atoms with Crippen molar-refractivity contribution in [2.24, 2.45) is 5.92 Å². The van der Waals surface area contributed by atoms with E-state index in [0.29, 0.717) is 90.8 Å². The van der Waals surface area contributed by atoms with Gasteiger partial charge in [0.05, 0.1) is 61.3 Å². The van der Waals surface area contributed by atoms with Gasteiger partial charge in [-0.1, -0.05) is 48.5 Å². The van der Waals surface area contributed by atoms with Gasteiger partial charge in [0.2, 0.25) is 5.91 Å². The van der Waals surface area contributed by atoms with E-state index in [1.165, 1.54) is 20.3 Å². The van der Waals surface area contributed by atoms with Crippen LogP contribution in [0.3, 0.4) is 0 Å². The Morgan fingerprint density at radius 3 is 2.00 bits per heavy atom. The molecule has 4 atom stereocenters. The number of alkyl carbamates (subject to hydrolysis) is 2. The number of hydrogen-bond donors (Lipinski definition) is 4. The summed E-state index contributed by atoms with van der Waals surface area (Å²) in [6, 6.07) is 21.2. The number of fused-ring (bicyclic) bond motifs is 1. The van der Waals surface area contributed by atoms with Gasteiger partial charge in [0.25, 0.3) is 5.91 Å². The van der Waals surface area contributed by atoms with Crippen LogP contribution < -0.4 is 10.6 Å². The number of hydrogen-bond acceptors (Lipinski definition) is 10. The van der Waals surface area contributed by atoms with Crippen molar-refractivity contribution >= 4 is 34.9 Å². The highest BCUT2D eigenvalue weighted by Crippen LogP contribution is 2.37. The number of nitrogens with zero attached hydrogens (tertiary/aromatic N) is 5. The van der Waals surface area contributed by atoms with Crippen LogP contribution in [0.4, 0.5) is 14.0 Å². The molecule has 0 bridgehead atoms. The van der Waals surface area contributed by atoms with E-state index in [4.69, 9.17) is 24.2 Å². The first-order chi connectivity index (χ1) is 31.7. The Morgan fingerprint density at radius 2 is 1.35 bits per heavy atom. The minimum Gasteiger partial charge on any atom is -0.453 e. The van der Waals surface area contributed by atoms with Gasteiger partial charge in [-0.2, -0.15) is 0 Å². The number of likely N-dealkylation sites (tertiary alicyclic amines) is 2. The summed E-state index contributed by atoms with van der Waals surface area (Å²) in [6.45, 7) is 2.11. The smallest absolute Gasteiger partial charge is 0.407 e. The van der Waals surface area contributed by atoms with Crippen LogP contribution in [-0.4, -0.2) is 105 Å². The lowest BCUT2D eigenvalue weighted by Gasteiger charge is -2.34. The summed E-state index contributed by atoms with van der Waals surface area (Å²) in [4.78, 5) is 76.9. The fourth-order valence-corrected chi connectivity index (χ4v) is 9.34. The van der Waals surface area contributed by atoms with Crippen molar-refractivity contribution in [3.05, 3.63) is 114 Å².